The van der Waals surface area contributed by atoms with E-state index in [0.717, 1.165) is 12.8 Å². The number of hydrogen-bond acceptors (Lipinski definition) is 3. The number of thiocarbonyl (C=S) groups is 1. The lowest BCUT2D eigenvalue weighted by Crippen LogP contribution is -2.50. The highest BCUT2D eigenvalue weighted by Gasteiger charge is 2.33. The lowest BCUT2D eigenvalue weighted by Gasteiger charge is -2.31. The van der Waals surface area contributed by atoms with E-state index in [1.807, 2.05) is 6.92 Å². The van der Waals surface area contributed by atoms with Gasteiger partial charge in [-0.2, -0.15) is 0 Å². The minimum absolute atomic E-state index is 0.0981. The number of amides is 1. The maximum absolute atomic E-state index is 12.0. The van der Waals surface area contributed by atoms with Gasteiger partial charge in [0.15, 0.2) is 0 Å². The van der Waals surface area contributed by atoms with Gasteiger partial charge < -0.3 is 15.8 Å². The molecular formula is C11H20N2O2S. The first-order chi connectivity index (χ1) is 7.34. The lowest BCUT2D eigenvalue weighted by atomic mass is 9.91. The van der Waals surface area contributed by atoms with Crippen molar-refractivity contribution in [2.75, 3.05) is 6.61 Å². The van der Waals surface area contributed by atoms with Crippen LogP contribution in [0.1, 0.15) is 33.6 Å². The molecule has 0 bridgehead atoms. The SMILES string of the molecule is CC1CC(NC(=O)C(C)(C)C(N)=S)CCO1. The van der Waals surface area contributed by atoms with E-state index in [0.29, 0.717) is 6.61 Å². The lowest BCUT2D eigenvalue weighted by molar-refractivity contribution is -0.127. The van der Waals surface area contributed by atoms with Crippen molar-refractivity contribution in [1.82, 2.24) is 5.32 Å². The van der Waals surface area contributed by atoms with Crippen molar-refractivity contribution in [2.45, 2.75) is 45.8 Å². The number of ether oxygens (including phenoxy) is 1. The van der Waals surface area contributed by atoms with Gasteiger partial charge >= 0.3 is 0 Å². The molecule has 3 N–H and O–H groups in total. The fraction of sp³-hybridized carbons (Fsp3) is 0.818. The second-order valence-corrected chi connectivity index (χ2v) is 5.31. The Morgan fingerprint density at radius 2 is 2.19 bits per heavy atom. The predicted molar refractivity (Wildman–Crippen MR) is 67.1 cm³/mol. The second kappa shape index (κ2) is 5.10. The molecule has 1 saturated heterocycles. The summed E-state index contributed by atoms with van der Waals surface area (Å²) in [5.41, 5.74) is 4.77. The van der Waals surface area contributed by atoms with Crippen molar-refractivity contribution in [3.05, 3.63) is 0 Å². The number of nitrogens with one attached hydrogen (secondary N) is 1. The Morgan fingerprint density at radius 3 is 2.69 bits per heavy atom. The molecule has 0 aliphatic carbocycles. The highest BCUT2D eigenvalue weighted by Crippen LogP contribution is 2.19. The number of rotatable bonds is 3. The monoisotopic (exact) mass is 244 g/mol. The van der Waals surface area contributed by atoms with Crippen molar-refractivity contribution >= 4 is 23.1 Å². The van der Waals surface area contributed by atoms with Crippen molar-refractivity contribution in [3.63, 3.8) is 0 Å². The van der Waals surface area contributed by atoms with E-state index < -0.39 is 5.41 Å². The zero-order valence-corrected chi connectivity index (χ0v) is 10.9. The summed E-state index contributed by atoms with van der Waals surface area (Å²) in [6.45, 7) is 6.19. The molecule has 1 aliphatic heterocycles. The Kier molecular flexibility index (Phi) is 4.27. The van der Waals surface area contributed by atoms with Gasteiger partial charge in [0.2, 0.25) is 5.91 Å². The van der Waals surface area contributed by atoms with Crippen LogP contribution in [-0.2, 0) is 9.53 Å². The second-order valence-electron chi connectivity index (χ2n) is 4.87. The Bertz CT molecular complexity index is 292. The van der Waals surface area contributed by atoms with E-state index in [1.165, 1.54) is 0 Å². The van der Waals surface area contributed by atoms with Gasteiger partial charge in [0.05, 0.1) is 16.5 Å². The van der Waals surface area contributed by atoms with Crippen LogP contribution in [0.4, 0.5) is 0 Å². The molecule has 2 unspecified atom stereocenters. The minimum Gasteiger partial charge on any atom is -0.392 e. The van der Waals surface area contributed by atoms with Crippen molar-refractivity contribution in [3.8, 4) is 0 Å². The Hall–Kier alpha value is -0.680. The van der Waals surface area contributed by atoms with Crippen LogP contribution in [-0.4, -0.2) is 29.6 Å². The molecular weight excluding hydrogens is 224 g/mol. The quantitative estimate of drug-likeness (QED) is 0.727. The number of carbonyl (C=O) groups excluding carboxylic acids is 1. The Labute approximate surface area is 102 Å². The number of hydrogen-bond donors (Lipinski definition) is 2. The summed E-state index contributed by atoms with van der Waals surface area (Å²) in [5, 5.41) is 2.98. The van der Waals surface area contributed by atoms with Crippen molar-refractivity contribution < 1.29 is 9.53 Å². The molecule has 0 saturated carbocycles. The summed E-state index contributed by atoms with van der Waals surface area (Å²) in [6.07, 6.45) is 1.90. The zero-order valence-electron chi connectivity index (χ0n) is 10.1. The Morgan fingerprint density at radius 1 is 1.56 bits per heavy atom. The summed E-state index contributed by atoms with van der Waals surface area (Å²) in [6, 6.07) is 0.171. The highest BCUT2D eigenvalue weighted by atomic mass is 32.1. The molecule has 5 heteroatoms. The van der Waals surface area contributed by atoms with E-state index in [9.17, 15) is 4.79 Å². The van der Waals surface area contributed by atoms with Gasteiger partial charge in [-0.05, 0) is 33.6 Å². The first-order valence-electron chi connectivity index (χ1n) is 5.56. The average Bonchev–Trinajstić information content (AvgIpc) is 2.17. The van der Waals surface area contributed by atoms with Gasteiger partial charge in [-0.1, -0.05) is 12.2 Å². The van der Waals surface area contributed by atoms with Crippen LogP contribution in [0.3, 0.4) is 0 Å². The zero-order chi connectivity index (χ0) is 12.3. The van der Waals surface area contributed by atoms with Gasteiger partial charge in [-0.3, -0.25) is 4.79 Å². The summed E-state index contributed by atoms with van der Waals surface area (Å²) in [7, 11) is 0. The molecule has 1 aliphatic rings. The molecule has 0 aromatic heterocycles. The molecule has 0 spiro atoms. The van der Waals surface area contributed by atoms with Crippen LogP contribution in [0.2, 0.25) is 0 Å². The molecule has 2 atom stereocenters. The molecule has 1 amide bonds. The maximum Gasteiger partial charge on any atom is 0.232 e. The standard InChI is InChI=1S/C11H20N2O2S/c1-7-6-8(4-5-15-7)13-10(14)11(2,3)9(12)16/h7-8H,4-6H2,1-3H3,(H2,12,16)(H,13,14). The summed E-state index contributed by atoms with van der Waals surface area (Å²) in [5.74, 6) is -0.0981. The van der Waals surface area contributed by atoms with Gasteiger partial charge in [0.1, 0.15) is 0 Å². The molecule has 1 rings (SSSR count). The van der Waals surface area contributed by atoms with E-state index >= 15 is 0 Å². The van der Waals surface area contributed by atoms with Crippen LogP contribution < -0.4 is 11.1 Å². The highest BCUT2D eigenvalue weighted by molar-refractivity contribution is 7.80. The molecule has 0 aromatic carbocycles. The van der Waals surface area contributed by atoms with Gasteiger partial charge in [0.25, 0.3) is 0 Å². The third kappa shape index (κ3) is 3.15. The van der Waals surface area contributed by atoms with Crippen LogP contribution in [0, 0.1) is 5.41 Å². The smallest absolute Gasteiger partial charge is 0.232 e. The van der Waals surface area contributed by atoms with Gasteiger partial charge in [0, 0.05) is 12.6 Å². The summed E-state index contributed by atoms with van der Waals surface area (Å²) >= 11 is 4.89. The normalized spacial score (nSPS) is 26.2. The van der Waals surface area contributed by atoms with Crippen molar-refractivity contribution in [1.29, 1.82) is 0 Å². The molecule has 0 aromatic rings. The third-order valence-electron chi connectivity index (χ3n) is 3.00. The van der Waals surface area contributed by atoms with Gasteiger partial charge in [-0.25, -0.2) is 0 Å². The van der Waals surface area contributed by atoms with Crippen LogP contribution in [0.15, 0.2) is 0 Å². The Balaban J connectivity index is 2.54. The first-order valence-corrected chi connectivity index (χ1v) is 5.97. The fourth-order valence-electron chi connectivity index (χ4n) is 1.61. The summed E-state index contributed by atoms with van der Waals surface area (Å²) < 4.78 is 5.42. The van der Waals surface area contributed by atoms with Crippen molar-refractivity contribution in [2.24, 2.45) is 11.1 Å². The van der Waals surface area contributed by atoms with Crippen LogP contribution >= 0.6 is 12.2 Å². The van der Waals surface area contributed by atoms with E-state index in [1.54, 1.807) is 13.8 Å². The molecule has 1 fully saturated rings. The molecule has 1 heterocycles. The predicted octanol–water partition coefficient (Wildman–Crippen LogP) is 0.982. The van der Waals surface area contributed by atoms with E-state index in [-0.39, 0.29) is 23.0 Å². The van der Waals surface area contributed by atoms with Crippen LogP contribution in [0.25, 0.3) is 0 Å². The topological polar surface area (TPSA) is 64.4 Å². The number of carbonyl (C=O) groups is 1. The molecule has 92 valence electrons. The average molecular weight is 244 g/mol. The first kappa shape index (κ1) is 13.4. The van der Waals surface area contributed by atoms with E-state index in [4.69, 9.17) is 22.7 Å². The fourth-order valence-corrected chi connectivity index (χ4v) is 1.70. The molecule has 4 nitrogen and oxygen atoms in total. The maximum atomic E-state index is 12.0. The van der Waals surface area contributed by atoms with E-state index in [2.05, 4.69) is 5.32 Å². The third-order valence-corrected chi connectivity index (χ3v) is 3.51. The molecule has 16 heavy (non-hydrogen) atoms. The van der Waals surface area contributed by atoms with Gasteiger partial charge in [-0.15, -0.1) is 0 Å². The number of nitrogens with two attached hydrogens (primary N) is 1. The minimum atomic E-state index is -0.781. The largest absolute Gasteiger partial charge is 0.392 e. The van der Waals surface area contributed by atoms with Crippen LogP contribution in [0.5, 0.6) is 0 Å². The summed E-state index contributed by atoms with van der Waals surface area (Å²) in [4.78, 5) is 12.2. The molecule has 0 radical (unpaired) electrons.